The van der Waals surface area contributed by atoms with Gasteiger partial charge in [-0.25, -0.2) is 5.26 Å². The molecule has 0 amide bonds. The van der Waals surface area contributed by atoms with Crippen molar-refractivity contribution in [1.82, 2.24) is 0 Å². The monoisotopic (exact) mass is 367 g/mol. The average Bonchev–Trinajstić information content (AvgIpc) is 2.36. The molecule has 0 fully saturated rings. The van der Waals surface area contributed by atoms with Crippen LogP contribution >= 0.6 is 0 Å². The van der Waals surface area contributed by atoms with Crippen molar-refractivity contribution in [3.05, 3.63) is 23.3 Å². The van der Waals surface area contributed by atoms with Crippen molar-refractivity contribution < 1.29 is 43.9 Å². The molecule has 0 atom stereocenters. The molecule has 0 saturated carbocycles. The van der Waals surface area contributed by atoms with Crippen LogP contribution in [0.25, 0.3) is 0 Å². The molecule has 1 rings (SSSR count). The molecule has 23 heavy (non-hydrogen) atoms. The third-order valence-electron chi connectivity index (χ3n) is 2.64. The molecule has 0 saturated heterocycles. The topological polar surface area (TPSA) is 177 Å². The number of hydrogen-bond donors (Lipinski definition) is 1. The van der Waals surface area contributed by atoms with Crippen molar-refractivity contribution in [1.29, 1.82) is 0 Å². The summed E-state index contributed by atoms with van der Waals surface area (Å²) in [6.07, 6.45) is 0. The standard InChI is InChI=1S/C12H18O6S.Na.3H2O/c1-8(2)12-10(16-3)5-9(6-11(12)17-4)7-19(14,15)18-13;;;;/h5-6,8,13H,7H2,1-4H3;;3*1H2. The van der Waals surface area contributed by atoms with E-state index in [0.29, 0.717) is 17.1 Å². The Bertz CT molecular complexity index is 520. The molecule has 1 aromatic carbocycles. The molecule has 1 aromatic rings. The fourth-order valence-electron chi connectivity index (χ4n) is 1.88. The van der Waals surface area contributed by atoms with Gasteiger partial charge in [-0.15, -0.1) is 4.33 Å². The van der Waals surface area contributed by atoms with Gasteiger partial charge in [-0.05, 0) is 23.6 Å². The fraction of sp³-hybridized carbons (Fsp3) is 0.500. The van der Waals surface area contributed by atoms with Crippen molar-refractivity contribution >= 4 is 39.7 Å². The van der Waals surface area contributed by atoms with Crippen LogP contribution in [0.4, 0.5) is 0 Å². The fourth-order valence-corrected chi connectivity index (χ4v) is 2.50. The second kappa shape index (κ2) is 12.9. The average molecular weight is 367 g/mol. The van der Waals surface area contributed by atoms with Crippen LogP contribution in [0.3, 0.4) is 0 Å². The predicted octanol–water partition coefficient (Wildman–Crippen LogP) is -0.708. The second-order valence-electron chi connectivity index (χ2n) is 4.35. The molecular formula is C12H24NaO9S. The Kier molecular flexibility index (Phi) is 17.1. The van der Waals surface area contributed by atoms with Crippen LogP contribution in [0.15, 0.2) is 12.1 Å². The Morgan fingerprint density at radius 2 is 1.43 bits per heavy atom. The SMILES string of the molecule is COc1cc(CS(=O)(=O)OO)cc(OC)c1C(C)C.O.O.O.[Na]. The minimum atomic E-state index is -4.01. The maximum Gasteiger partial charge on any atom is 0.297 e. The van der Waals surface area contributed by atoms with Gasteiger partial charge in [0.2, 0.25) is 0 Å². The quantitative estimate of drug-likeness (QED) is 0.394. The molecule has 133 valence electrons. The summed E-state index contributed by atoms with van der Waals surface area (Å²) < 4.78 is 36.4. The summed E-state index contributed by atoms with van der Waals surface area (Å²) in [5, 5.41) is 8.30. The minimum Gasteiger partial charge on any atom is -0.496 e. The largest absolute Gasteiger partial charge is 0.496 e. The molecule has 11 heteroatoms. The molecule has 9 nitrogen and oxygen atoms in total. The van der Waals surface area contributed by atoms with Gasteiger partial charge in [0.25, 0.3) is 10.1 Å². The third-order valence-corrected chi connectivity index (χ3v) is 3.55. The Labute approximate surface area is 157 Å². The van der Waals surface area contributed by atoms with Crippen LogP contribution < -0.4 is 9.47 Å². The number of benzene rings is 1. The molecule has 0 unspecified atom stereocenters. The van der Waals surface area contributed by atoms with Gasteiger partial charge in [-0.2, -0.15) is 8.42 Å². The predicted molar refractivity (Wildman–Crippen MR) is 86.6 cm³/mol. The maximum absolute atomic E-state index is 11.2. The zero-order valence-electron chi connectivity index (χ0n) is 13.8. The van der Waals surface area contributed by atoms with Crippen LogP contribution in [0.1, 0.15) is 30.9 Å². The van der Waals surface area contributed by atoms with Gasteiger partial charge in [0.15, 0.2) is 0 Å². The Hall–Kier alpha value is -0.430. The van der Waals surface area contributed by atoms with E-state index in [4.69, 9.17) is 14.7 Å². The molecule has 7 N–H and O–H groups in total. The number of hydrogen-bond acceptors (Lipinski definition) is 6. The molecule has 1 radical (unpaired) electrons. The normalized spacial score (nSPS) is 9.65. The zero-order valence-corrected chi connectivity index (χ0v) is 16.7. The van der Waals surface area contributed by atoms with E-state index in [1.165, 1.54) is 14.2 Å². The third kappa shape index (κ3) is 8.29. The van der Waals surface area contributed by atoms with E-state index in [1.807, 2.05) is 13.8 Å². The number of methoxy groups -OCH3 is 2. The molecule has 0 aliphatic rings. The molecule has 0 aromatic heterocycles. The van der Waals surface area contributed by atoms with E-state index in [9.17, 15) is 8.42 Å². The van der Waals surface area contributed by atoms with Crippen LogP contribution in [-0.2, 0) is 20.2 Å². The van der Waals surface area contributed by atoms with E-state index in [0.717, 1.165) is 5.56 Å². The molecule has 0 spiro atoms. The molecular weight excluding hydrogens is 343 g/mol. The summed E-state index contributed by atoms with van der Waals surface area (Å²) in [4.78, 5) is 0. The summed E-state index contributed by atoms with van der Waals surface area (Å²) >= 11 is 0. The van der Waals surface area contributed by atoms with Crippen LogP contribution in [-0.4, -0.2) is 73.9 Å². The van der Waals surface area contributed by atoms with Crippen molar-refractivity contribution in [3.8, 4) is 11.5 Å². The van der Waals surface area contributed by atoms with Crippen molar-refractivity contribution in [2.45, 2.75) is 25.5 Å². The minimum absolute atomic E-state index is 0. The van der Waals surface area contributed by atoms with Crippen LogP contribution in [0, 0.1) is 0 Å². The first-order valence-electron chi connectivity index (χ1n) is 5.65. The summed E-state index contributed by atoms with van der Waals surface area (Å²) in [5.74, 6) is 0.772. The van der Waals surface area contributed by atoms with Gasteiger partial charge in [-0.1, -0.05) is 13.8 Å². The summed E-state index contributed by atoms with van der Waals surface area (Å²) in [5.41, 5.74) is 1.27. The van der Waals surface area contributed by atoms with Crippen LogP contribution in [0.2, 0.25) is 0 Å². The first-order valence-corrected chi connectivity index (χ1v) is 7.22. The summed E-state index contributed by atoms with van der Waals surface area (Å²) in [7, 11) is -1.01. The van der Waals surface area contributed by atoms with Gasteiger partial charge < -0.3 is 25.9 Å². The van der Waals surface area contributed by atoms with E-state index in [-0.39, 0.29) is 51.9 Å². The number of rotatable bonds is 6. The maximum atomic E-state index is 11.2. The van der Waals surface area contributed by atoms with Crippen LogP contribution in [0.5, 0.6) is 11.5 Å². The van der Waals surface area contributed by atoms with Gasteiger partial charge in [0, 0.05) is 35.1 Å². The van der Waals surface area contributed by atoms with Gasteiger partial charge >= 0.3 is 0 Å². The summed E-state index contributed by atoms with van der Waals surface area (Å²) in [6, 6.07) is 3.18. The Morgan fingerprint density at radius 1 is 1.04 bits per heavy atom. The van der Waals surface area contributed by atoms with Gasteiger partial charge in [0.1, 0.15) is 17.3 Å². The smallest absolute Gasteiger partial charge is 0.297 e. The zero-order chi connectivity index (χ0) is 14.6. The van der Waals surface area contributed by atoms with E-state index < -0.39 is 15.9 Å². The van der Waals surface area contributed by atoms with E-state index in [2.05, 4.69) is 4.33 Å². The van der Waals surface area contributed by atoms with E-state index >= 15 is 0 Å². The second-order valence-corrected chi connectivity index (χ2v) is 5.90. The first kappa shape index (κ1) is 30.5. The molecule has 0 heterocycles. The summed E-state index contributed by atoms with van der Waals surface area (Å²) in [6.45, 7) is 3.96. The van der Waals surface area contributed by atoms with Crippen molar-refractivity contribution in [2.24, 2.45) is 0 Å². The van der Waals surface area contributed by atoms with E-state index in [1.54, 1.807) is 12.1 Å². The Balaban J connectivity index is -0.000000451. The Morgan fingerprint density at radius 3 is 1.70 bits per heavy atom. The number of ether oxygens (including phenoxy) is 2. The molecule has 0 bridgehead atoms. The first-order chi connectivity index (χ1) is 8.84. The molecule has 0 aliphatic heterocycles. The van der Waals surface area contributed by atoms with Crippen molar-refractivity contribution in [2.75, 3.05) is 14.2 Å². The van der Waals surface area contributed by atoms with Gasteiger partial charge in [-0.3, -0.25) is 0 Å². The molecule has 0 aliphatic carbocycles. The van der Waals surface area contributed by atoms with Gasteiger partial charge in [0.05, 0.1) is 14.2 Å². The van der Waals surface area contributed by atoms with Crippen molar-refractivity contribution in [3.63, 3.8) is 0 Å².